The highest BCUT2D eigenvalue weighted by Gasteiger charge is 2.17. The summed E-state index contributed by atoms with van der Waals surface area (Å²) in [5.41, 5.74) is 10.6. The predicted octanol–water partition coefficient (Wildman–Crippen LogP) is -1.61. The molecule has 0 fully saturated rings. The number of hydrogen-bond donors (Lipinski definition) is 4. The summed E-state index contributed by atoms with van der Waals surface area (Å²) in [5.74, 6) is -0.995. The van der Waals surface area contributed by atoms with E-state index in [1.165, 1.54) is 24.3 Å². The zero-order valence-corrected chi connectivity index (χ0v) is 9.65. The third-order valence-electron chi connectivity index (χ3n) is 1.99. The van der Waals surface area contributed by atoms with Gasteiger partial charge in [0.1, 0.15) is 6.10 Å². The number of aliphatic hydroxyl groups is 1. The van der Waals surface area contributed by atoms with Crippen molar-refractivity contribution >= 4 is 21.6 Å². The zero-order valence-electron chi connectivity index (χ0n) is 8.83. The zero-order chi connectivity index (χ0) is 13.1. The molecule has 0 aromatic heterocycles. The Labute approximate surface area is 98.5 Å². The molecule has 0 aliphatic carbocycles. The molecule has 7 nitrogen and oxygen atoms in total. The quantitative estimate of drug-likeness (QED) is 0.472. The van der Waals surface area contributed by atoms with Crippen LogP contribution in [0.25, 0.3) is 0 Å². The van der Waals surface area contributed by atoms with Crippen molar-refractivity contribution in [2.75, 3.05) is 12.3 Å². The highest BCUT2D eigenvalue weighted by molar-refractivity contribution is 7.89. The van der Waals surface area contributed by atoms with Crippen LogP contribution in [0.4, 0.5) is 5.69 Å². The molecule has 1 atom stereocenters. The molecule has 1 aromatic rings. The molecule has 1 aromatic carbocycles. The molecule has 0 heterocycles. The molecule has 0 spiro atoms. The average molecular weight is 259 g/mol. The number of benzene rings is 1. The summed E-state index contributed by atoms with van der Waals surface area (Å²) in [7, 11) is -3.78. The van der Waals surface area contributed by atoms with Crippen LogP contribution in [-0.4, -0.2) is 32.1 Å². The molecule has 0 aliphatic heterocycles. The molecule has 0 radical (unpaired) electrons. The van der Waals surface area contributed by atoms with Crippen molar-refractivity contribution in [3.63, 3.8) is 0 Å². The van der Waals surface area contributed by atoms with Crippen molar-refractivity contribution < 1.29 is 18.3 Å². The van der Waals surface area contributed by atoms with E-state index >= 15 is 0 Å². The number of sulfonamides is 1. The summed E-state index contributed by atoms with van der Waals surface area (Å²) < 4.78 is 25.4. The fraction of sp³-hybridized carbons (Fsp3) is 0.222. The molecule has 1 unspecified atom stereocenters. The van der Waals surface area contributed by atoms with Gasteiger partial charge in [-0.05, 0) is 24.3 Å². The molecule has 0 bridgehead atoms. The van der Waals surface area contributed by atoms with Gasteiger partial charge in [0, 0.05) is 12.2 Å². The number of carbonyl (C=O) groups is 1. The van der Waals surface area contributed by atoms with Crippen LogP contribution in [0.15, 0.2) is 29.2 Å². The van der Waals surface area contributed by atoms with Crippen molar-refractivity contribution in [3.05, 3.63) is 24.3 Å². The van der Waals surface area contributed by atoms with E-state index in [1.807, 2.05) is 0 Å². The monoisotopic (exact) mass is 259 g/mol. The highest BCUT2D eigenvalue weighted by Crippen LogP contribution is 2.11. The topological polar surface area (TPSA) is 136 Å². The number of nitrogens with two attached hydrogens (primary N) is 2. The fourth-order valence-electron chi connectivity index (χ4n) is 1.02. The van der Waals surface area contributed by atoms with Gasteiger partial charge in [0.25, 0.3) is 0 Å². The molecule has 17 heavy (non-hydrogen) atoms. The molecule has 8 heteroatoms. The summed E-state index contributed by atoms with van der Waals surface area (Å²) >= 11 is 0. The standard InChI is InChI=1S/C9H13N3O4S/c10-6-1-3-7(4-2-6)17(15,16)12-5-8(13)9(11)14/h1-4,8,12-13H,5,10H2,(H2,11,14). The lowest BCUT2D eigenvalue weighted by Crippen LogP contribution is -2.39. The average Bonchev–Trinajstić information content (AvgIpc) is 2.26. The fourth-order valence-corrected chi connectivity index (χ4v) is 2.06. The number of anilines is 1. The number of hydrogen-bond acceptors (Lipinski definition) is 5. The lowest BCUT2D eigenvalue weighted by Gasteiger charge is -2.09. The van der Waals surface area contributed by atoms with E-state index in [4.69, 9.17) is 16.6 Å². The minimum absolute atomic E-state index is 0.0108. The molecule has 94 valence electrons. The van der Waals surface area contributed by atoms with Gasteiger partial charge in [-0.1, -0.05) is 0 Å². The van der Waals surface area contributed by atoms with Crippen molar-refractivity contribution in [2.24, 2.45) is 5.73 Å². The third kappa shape index (κ3) is 3.70. The summed E-state index contributed by atoms with van der Waals surface area (Å²) in [6, 6.07) is 5.49. The van der Waals surface area contributed by atoms with Crippen LogP contribution >= 0.6 is 0 Å². The van der Waals surface area contributed by atoms with Crippen LogP contribution in [0.5, 0.6) is 0 Å². The molecular weight excluding hydrogens is 246 g/mol. The van der Waals surface area contributed by atoms with E-state index in [9.17, 15) is 13.2 Å². The van der Waals surface area contributed by atoms with Gasteiger partial charge in [-0.25, -0.2) is 13.1 Å². The van der Waals surface area contributed by atoms with E-state index in [-0.39, 0.29) is 4.90 Å². The van der Waals surface area contributed by atoms with Gasteiger partial charge in [-0.15, -0.1) is 0 Å². The Morgan fingerprint density at radius 2 is 1.88 bits per heavy atom. The Morgan fingerprint density at radius 1 is 1.35 bits per heavy atom. The largest absolute Gasteiger partial charge is 0.399 e. The van der Waals surface area contributed by atoms with Gasteiger partial charge in [0.2, 0.25) is 15.9 Å². The van der Waals surface area contributed by atoms with Crippen LogP contribution in [0, 0.1) is 0 Å². The predicted molar refractivity (Wildman–Crippen MR) is 61.2 cm³/mol. The van der Waals surface area contributed by atoms with Crippen LogP contribution in [0.1, 0.15) is 0 Å². The Morgan fingerprint density at radius 3 is 2.35 bits per heavy atom. The smallest absolute Gasteiger partial charge is 0.247 e. The Hall–Kier alpha value is -1.64. The van der Waals surface area contributed by atoms with Gasteiger partial charge in [0.05, 0.1) is 4.90 Å². The summed E-state index contributed by atoms with van der Waals surface area (Å²) in [4.78, 5) is 10.5. The van der Waals surface area contributed by atoms with Crippen molar-refractivity contribution in [2.45, 2.75) is 11.0 Å². The molecule has 1 rings (SSSR count). The summed E-state index contributed by atoms with van der Waals surface area (Å²) in [5, 5.41) is 9.06. The third-order valence-corrected chi connectivity index (χ3v) is 3.43. The first-order chi connectivity index (χ1) is 7.83. The first-order valence-electron chi connectivity index (χ1n) is 4.65. The number of amides is 1. The van der Waals surface area contributed by atoms with Crippen molar-refractivity contribution in [1.82, 2.24) is 4.72 Å². The Kier molecular flexibility index (Phi) is 4.05. The summed E-state index contributed by atoms with van der Waals surface area (Å²) in [6.07, 6.45) is -1.56. The molecule has 0 saturated carbocycles. The Bertz CT molecular complexity index is 497. The van der Waals surface area contributed by atoms with E-state index in [2.05, 4.69) is 4.72 Å². The number of carbonyl (C=O) groups excluding carboxylic acids is 1. The molecule has 0 saturated heterocycles. The van der Waals surface area contributed by atoms with E-state index in [1.54, 1.807) is 0 Å². The molecular formula is C9H13N3O4S. The summed E-state index contributed by atoms with van der Waals surface area (Å²) in [6.45, 7) is -0.470. The molecule has 6 N–H and O–H groups in total. The number of primary amides is 1. The van der Waals surface area contributed by atoms with E-state index in [0.717, 1.165) is 0 Å². The maximum Gasteiger partial charge on any atom is 0.247 e. The SMILES string of the molecule is NC(=O)C(O)CNS(=O)(=O)c1ccc(N)cc1. The second-order valence-electron chi connectivity index (χ2n) is 3.34. The normalized spacial score (nSPS) is 13.2. The second-order valence-corrected chi connectivity index (χ2v) is 5.11. The van der Waals surface area contributed by atoms with Gasteiger partial charge in [-0.3, -0.25) is 4.79 Å². The van der Waals surface area contributed by atoms with Crippen molar-refractivity contribution in [1.29, 1.82) is 0 Å². The van der Waals surface area contributed by atoms with Gasteiger partial charge >= 0.3 is 0 Å². The number of nitrogens with one attached hydrogen (secondary N) is 1. The molecule has 0 aliphatic rings. The van der Waals surface area contributed by atoms with Crippen LogP contribution in [0.2, 0.25) is 0 Å². The number of nitrogen functional groups attached to an aromatic ring is 1. The molecule has 1 amide bonds. The lowest BCUT2D eigenvalue weighted by molar-refractivity contribution is -0.125. The van der Waals surface area contributed by atoms with Crippen LogP contribution in [0.3, 0.4) is 0 Å². The number of rotatable bonds is 5. The van der Waals surface area contributed by atoms with Crippen LogP contribution in [-0.2, 0) is 14.8 Å². The van der Waals surface area contributed by atoms with Crippen LogP contribution < -0.4 is 16.2 Å². The first kappa shape index (κ1) is 13.4. The highest BCUT2D eigenvalue weighted by atomic mass is 32.2. The first-order valence-corrected chi connectivity index (χ1v) is 6.14. The minimum Gasteiger partial charge on any atom is -0.399 e. The van der Waals surface area contributed by atoms with Gasteiger partial charge < -0.3 is 16.6 Å². The minimum atomic E-state index is -3.78. The van der Waals surface area contributed by atoms with Gasteiger partial charge in [0.15, 0.2) is 0 Å². The maximum atomic E-state index is 11.7. The van der Waals surface area contributed by atoms with E-state index < -0.39 is 28.6 Å². The van der Waals surface area contributed by atoms with Gasteiger partial charge in [-0.2, -0.15) is 0 Å². The Balaban J connectivity index is 2.76. The van der Waals surface area contributed by atoms with E-state index in [0.29, 0.717) is 5.69 Å². The maximum absolute atomic E-state index is 11.7. The number of aliphatic hydroxyl groups excluding tert-OH is 1. The second kappa shape index (κ2) is 5.13. The lowest BCUT2D eigenvalue weighted by atomic mass is 10.3. The van der Waals surface area contributed by atoms with Crippen molar-refractivity contribution in [3.8, 4) is 0 Å².